The van der Waals surface area contributed by atoms with E-state index < -0.39 is 0 Å². The molecule has 2 N–H and O–H groups in total. The van der Waals surface area contributed by atoms with Gasteiger partial charge in [0, 0.05) is 12.5 Å². The zero-order chi connectivity index (χ0) is 8.65. The van der Waals surface area contributed by atoms with Gasteiger partial charge in [0.25, 0.3) is 0 Å². The molecule has 0 amide bonds. The summed E-state index contributed by atoms with van der Waals surface area (Å²) < 4.78 is 1.97. The third kappa shape index (κ3) is 1.37. The van der Waals surface area contributed by atoms with E-state index in [2.05, 4.69) is 25.8 Å². The van der Waals surface area contributed by atoms with Crippen LogP contribution in [0.3, 0.4) is 0 Å². The summed E-state index contributed by atoms with van der Waals surface area (Å²) >= 11 is 0. The maximum atomic E-state index is 5.70. The maximum Gasteiger partial charge on any atom is 0.145 e. The van der Waals surface area contributed by atoms with Crippen LogP contribution in [0.4, 0.5) is 5.82 Å². The van der Waals surface area contributed by atoms with Gasteiger partial charge in [-0.2, -0.15) is 0 Å². The molecule has 62 valence electrons. The van der Waals surface area contributed by atoms with Crippen molar-refractivity contribution in [2.45, 2.75) is 26.2 Å². The number of hydrogen-bond donors (Lipinski definition) is 1. The molecule has 0 radical (unpaired) electrons. The first-order chi connectivity index (χ1) is 4.93. The summed E-state index contributed by atoms with van der Waals surface area (Å²) in [5.41, 5.74) is 6.87. The first-order valence-corrected chi connectivity index (χ1v) is 3.70. The normalized spacial score (nSPS) is 12.0. The molecule has 0 saturated heterocycles. The summed E-state index contributed by atoms with van der Waals surface area (Å²) in [6, 6.07) is 0. The highest BCUT2D eigenvalue weighted by Gasteiger charge is 2.20. The van der Waals surface area contributed by atoms with Gasteiger partial charge in [-0.05, 0) is 0 Å². The number of aryl methyl sites for hydroxylation is 1. The summed E-state index contributed by atoms with van der Waals surface area (Å²) in [6.07, 6.45) is 1.75. The van der Waals surface area contributed by atoms with Crippen LogP contribution in [0.2, 0.25) is 0 Å². The smallest absolute Gasteiger partial charge is 0.145 e. The van der Waals surface area contributed by atoms with Gasteiger partial charge in [0.2, 0.25) is 0 Å². The zero-order valence-electron chi connectivity index (χ0n) is 7.55. The first kappa shape index (κ1) is 8.11. The lowest BCUT2D eigenvalue weighted by molar-refractivity contribution is 0.545. The van der Waals surface area contributed by atoms with E-state index in [1.54, 1.807) is 6.33 Å². The van der Waals surface area contributed by atoms with E-state index in [4.69, 9.17) is 5.73 Å². The van der Waals surface area contributed by atoms with Gasteiger partial charge >= 0.3 is 0 Å². The molecule has 0 aliphatic heterocycles. The van der Waals surface area contributed by atoms with Crippen LogP contribution >= 0.6 is 0 Å². The van der Waals surface area contributed by atoms with Crippen molar-refractivity contribution in [1.29, 1.82) is 0 Å². The van der Waals surface area contributed by atoms with Gasteiger partial charge in [-0.3, -0.25) is 0 Å². The fourth-order valence-corrected chi connectivity index (χ4v) is 1.36. The quantitative estimate of drug-likeness (QED) is 0.610. The Bertz CT molecular complexity index is 235. The standard InChI is InChI=1S/C8H15N3/c1-8(2,3)6-7(9)10-5-11(6)4/h5H,9H2,1-4H3. The molecule has 1 heterocycles. The lowest BCUT2D eigenvalue weighted by Gasteiger charge is -2.19. The molecule has 3 nitrogen and oxygen atoms in total. The average molecular weight is 153 g/mol. The fourth-order valence-electron chi connectivity index (χ4n) is 1.36. The van der Waals surface area contributed by atoms with Crippen LogP contribution in [-0.4, -0.2) is 9.55 Å². The predicted molar refractivity (Wildman–Crippen MR) is 46.3 cm³/mol. The number of hydrogen-bond acceptors (Lipinski definition) is 2. The Hall–Kier alpha value is -0.990. The van der Waals surface area contributed by atoms with E-state index >= 15 is 0 Å². The highest BCUT2D eigenvalue weighted by atomic mass is 15.1. The molecular weight excluding hydrogens is 138 g/mol. The Morgan fingerprint density at radius 2 is 2.00 bits per heavy atom. The number of rotatable bonds is 0. The molecule has 0 bridgehead atoms. The second-order valence-corrected chi connectivity index (χ2v) is 3.84. The fraction of sp³-hybridized carbons (Fsp3) is 0.625. The third-order valence-electron chi connectivity index (χ3n) is 1.68. The lowest BCUT2D eigenvalue weighted by Crippen LogP contribution is -2.17. The van der Waals surface area contributed by atoms with Gasteiger partial charge in [-0.25, -0.2) is 4.98 Å². The molecule has 0 fully saturated rings. The molecule has 0 spiro atoms. The Labute approximate surface area is 67.2 Å². The molecule has 1 aromatic heterocycles. The Kier molecular flexibility index (Phi) is 1.66. The van der Waals surface area contributed by atoms with E-state index in [-0.39, 0.29) is 5.41 Å². The van der Waals surface area contributed by atoms with Crippen molar-refractivity contribution < 1.29 is 0 Å². The maximum absolute atomic E-state index is 5.70. The van der Waals surface area contributed by atoms with Crippen LogP contribution < -0.4 is 5.73 Å². The summed E-state index contributed by atoms with van der Waals surface area (Å²) in [7, 11) is 1.96. The Morgan fingerprint density at radius 3 is 2.18 bits per heavy atom. The molecule has 0 aliphatic carbocycles. The van der Waals surface area contributed by atoms with Crippen molar-refractivity contribution in [3.8, 4) is 0 Å². The average Bonchev–Trinajstić information content (AvgIpc) is 2.08. The molecule has 0 aromatic carbocycles. The lowest BCUT2D eigenvalue weighted by atomic mass is 9.92. The second-order valence-electron chi connectivity index (χ2n) is 3.84. The van der Waals surface area contributed by atoms with Crippen molar-refractivity contribution in [2.24, 2.45) is 7.05 Å². The summed E-state index contributed by atoms with van der Waals surface area (Å²) in [6.45, 7) is 6.38. The summed E-state index contributed by atoms with van der Waals surface area (Å²) in [5, 5.41) is 0. The monoisotopic (exact) mass is 153 g/mol. The minimum Gasteiger partial charge on any atom is -0.382 e. The Morgan fingerprint density at radius 1 is 1.45 bits per heavy atom. The summed E-state index contributed by atoms with van der Waals surface area (Å²) in [4.78, 5) is 4.02. The largest absolute Gasteiger partial charge is 0.382 e. The molecule has 11 heavy (non-hydrogen) atoms. The molecule has 0 aliphatic rings. The van der Waals surface area contributed by atoms with E-state index in [1.807, 2.05) is 11.6 Å². The molecule has 0 unspecified atom stereocenters. The number of nitrogens with zero attached hydrogens (tertiary/aromatic N) is 2. The van der Waals surface area contributed by atoms with Crippen LogP contribution in [-0.2, 0) is 12.5 Å². The SMILES string of the molecule is Cn1cnc(N)c1C(C)(C)C. The van der Waals surface area contributed by atoms with Crippen LogP contribution in [0.25, 0.3) is 0 Å². The van der Waals surface area contributed by atoms with Crippen LogP contribution in [0.1, 0.15) is 26.5 Å². The minimum absolute atomic E-state index is 0.0787. The van der Waals surface area contributed by atoms with Crippen LogP contribution in [0, 0.1) is 0 Å². The molecule has 1 aromatic rings. The zero-order valence-corrected chi connectivity index (χ0v) is 7.55. The minimum atomic E-state index is 0.0787. The Balaban J connectivity index is 3.21. The van der Waals surface area contributed by atoms with Gasteiger partial charge in [0.05, 0.1) is 12.0 Å². The van der Waals surface area contributed by atoms with Crippen molar-refractivity contribution in [3.05, 3.63) is 12.0 Å². The molecule has 3 heteroatoms. The van der Waals surface area contributed by atoms with Gasteiger partial charge in [-0.1, -0.05) is 20.8 Å². The van der Waals surface area contributed by atoms with Crippen molar-refractivity contribution in [1.82, 2.24) is 9.55 Å². The number of aromatic nitrogens is 2. The van der Waals surface area contributed by atoms with Gasteiger partial charge in [0.1, 0.15) is 5.82 Å². The van der Waals surface area contributed by atoms with E-state index in [0.717, 1.165) is 5.69 Å². The highest BCUT2D eigenvalue weighted by molar-refractivity contribution is 5.39. The number of nitrogen functional groups attached to an aromatic ring is 1. The molecular formula is C8H15N3. The molecule has 0 atom stereocenters. The van der Waals surface area contributed by atoms with Crippen molar-refractivity contribution in [3.63, 3.8) is 0 Å². The van der Waals surface area contributed by atoms with Crippen LogP contribution in [0.15, 0.2) is 6.33 Å². The van der Waals surface area contributed by atoms with E-state index in [1.165, 1.54) is 0 Å². The third-order valence-corrected chi connectivity index (χ3v) is 1.68. The number of imidazole rings is 1. The number of anilines is 1. The van der Waals surface area contributed by atoms with Gasteiger partial charge in [-0.15, -0.1) is 0 Å². The van der Waals surface area contributed by atoms with Gasteiger partial charge in [0.15, 0.2) is 0 Å². The predicted octanol–water partition coefficient (Wildman–Crippen LogP) is 1.30. The highest BCUT2D eigenvalue weighted by Crippen LogP contribution is 2.25. The number of nitrogens with two attached hydrogens (primary N) is 1. The molecule has 1 rings (SSSR count). The van der Waals surface area contributed by atoms with E-state index in [0.29, 0.717) is 5.82 Å². The topological polar surface area (TPSA) is 43.8 Å². The van der Waals surface area contributed by atoms with Crippen molar-refractivity contribution in [2.75, 3.05) is 5.73 Å². The second kappa shape index (κ2) is 2.26. The summed E-state index contributed by atoms with van der Waals surface area (Å²) in [5.74, 6) is 0.639. The first-order valence-electron chi connectivity index (χ1n) is 3.70. The molecule has 0 saturated carbocycles. The van der Waals surface area contributed by atoms with Crippen LogP contribution in [0.5, 0.6) is 0 Å². The van der Waals surface area contributed by atoms with E-state index in [9.17, 15) is 0 Å². The van der Waals surface area contributed by atoms with Gasteiger partial charge < -0.3 is 10.3 Å². The van der Waals surface area contributed by atoms with Crippen molar-refractivity contribution >= 4 is 5.82 Å².